The highest BCUT2D eigenvalue weighted by atomic mass is 16.5. The number of nitrogens with zero attached hydrogens (tertiary/aromatic N) is 4. The van der Waals surface area contributed by atoms with Crippen molar-refractivity contribution in [3.8, 4) is 17.1 Å². The van der Waals surface area contributed by atoms with Crippen LogP contribution >= 0.6 is 0 Å². The summed E-state index contributed by atoms with van der Waals surface area (Å²) in [6, 6.07) is 15.5. The standard InChI is InChI=1S/C22H22N4O2/c1-28-17-13-11-15(12-14-17)20-23-22-25(16-7-3-2-4-8-16)21(27)18-9-5-6-10-19(18)26(22)24-20/h5-6,9-14,16H,2-4,7-8H2,1H3. The molecule has 0 radical (unpaired) electrons. The normalized spacial score (nSPS) is 15.3. The first kappa shape index (κ1) is 17.0. The number of benzene rings is 2. The molecular weight excluding hydrogens is 352 g/mol. The first-order valence-electron chi connectivity index (χ1n) is 9.81. The topological polar surface area (TPSA) is 61.4 Å². The maximum absolute atomic E-state index is 13.3. The van der Waals surface area contributed by atoms with Crippen LogP contribution in [-0.4, -0.2) is 26.3 Å². The van der Waals surface area contributed by atoms with Crippen molar-refractivity contribution in [3.05, 3.63) is 58.9 Å². The van der Waals surface area contributed by atoms with Crippen molar-refractivity contribution in [2.24, 2.45) is 0 Å². The maximum atomic E-state index is 13.3. The van der Waals surface area contributed by atoms with Crippen molar-refractivity contribution in [1.82, 2.24) is 19.2 Å². The SMILES string of the molecule is COc1ccc(-c2nc3n(C4CCCCC4)c(=O)c4ccccc4n3n2)cc1. The molecule has 0 unspecified atom stereocenters. The summed E-state index contributed by atoms with van der Waals surface area (Å²) in [7, 11) is 1.65. The summed E-state index contributed by atoms with van der Waals surface area (Å²) >= 11 is 0. The minimum Gasteiger partial charge on any atom is -0.497 e. The molecule has 1 fully saturated rings. The Balaban J connectivity index is 1.77. The van der Waals surface area contributed by atoms with Crippen LogP contribution in [-0.2, 0) is 0 Å². The summed E-state index contributed by atoms with van der Waals surface area (Å²) < 4.78 is 8.95. The second-order valence-electron chi connectivity index (χ2n) is 7.36. The molecule has 2 aromatic carbocycles. The predicted molar refractivity (Wildman–Crippen MR) is 109 cm³/mol. The first-order valence-corrected chi connectivity index (χ1v) is 9.81. The molecule has 0 N–H and O–H groups in total. The second-order valence-corrected chi connectivity index (χ2v) is 7.36. The number of aromatic nitrogens is 4. The van der Waals surface area contributed by atoms with Gasteiger partial charge in [-0.3, -0.25) is 9.36 Å². The highest BCUT2D eigenvalue weighted by molar-refractivity contribution is 5.80. The van der Waals surface area contributed by atoms with Gasteiger partial charge >= 0.3 is 0 Å². The van der Waals surface area contributed by atoms with Crippen molar-refractivity contribution < 1.29 is 4.74 Å². The van der Waals surface area contributed by atoms with Gasteiger partial charge in [0.05, 0.1) is 18.0 Å². The van der Waals surface area contributed by atoms with Gasteiger partial charge in [-0.2, -0.15) is 9.50 Å². The fourth-order valence-electron chi connectivity index (χ4n) is 4.21. The van der Waals surface area contributed by atoms with Gasteiger partial charge in [0, 0.05) is 11.6 Å². The van der Waals surface area contributed by atoms with Crippen LogP contribution in [0.4, 0.5) is 0 Å². The summed E-state index contributed by atoms with van der Waals surface area (Å²) in [6.07, 6.45) is 5.56. The van der Waals surface area contributed by atoms with E-state index < -0.39 is 0 Å². The number of para-hydroxylation sites is 1. The molecule has 6 nitrogen and oxygen atoms in total. The molecule has 4 aromatic rings. The largest absolute Gasteiger partial charge is 0.497 e. The maximum Gasteiger partial charge on any atom is 0.263 e. The molecular formula is C22H22N4O2. The first-order chi connectivity index (χ1) is 13.8. The third-order valence-electron chi connectivity index (χ3n) is 5.68. The van der Waals surface area contributed by atoms with Gasteiger partial charge in [0.1, 0.15) is 5.75 Å². The minimum atomic E-state index is 0.0312. The van der Waals surface area contributed by atoms with Crippen LogP contribution in [0.15, 0.2) is 53.3 Å². The lowest BCUT2D eigenvalue weighted by Gasteiger charge is -2.24. The molecule has 0 spiro atoms. The highest BCUT2D eigenvalue weighted by Crippen LogP contribution is 2.30. The van der Waals surface area contributed by atoms with Gasteiger partial charge in [-0.1, -0.05) is 31.4 Å². The van der Waals surface area contributed by atoms with E-state index in [1.807, 2.05) is 57.6 Å². The summed E-state index contributed by atoms with van der Waals surface area (Å²) in [5, 5.41) is 5.46. The van der Waals surface area contributed by atoms with Gasteiger partial charge in [-0.15, -0.1) is 5.10 Å². The van der Waals surface area contributed by atoms with Gasteiger partial charge in [0.25, 0.3) is 5.56 Å². The van der Waals surface area contributed by atoms with Crippen LogP contribution < -0.4 is 10.3 Å². The zero-order valence-electron chi connectivity index (χ0n) is 15.8. The minimum absolute atomic E-state index is 0.0312. The second kappa shape index (κ2) is 6.78. The highest BCUT2D eigenvalue weighted by Gasteiger charge is 2.23. The van der Waals surface area contributed by atoms with Gasteiger partial charge in [-0.05, 0) is 49.2 Å². The summed E-state index contributed by atoms with van der Waals surface area (Å²) in [4.78, 5) is 18.1. The molecule has 0 bridgehead atoms. The Hall–Kier alpha value is -3.15. The molecule has 28 heavy (non-hydrogen) atoms. The zero-order valence-corrected chi connectivity index (χ0v) is 15.8. The summed E-state index contributed by atoms with van der Waals surface area (Å²) in [6.45, 7) is 0. The molecule has 5 rings (SSSR count). The van der Waals surface area contributed by atoms with Crippen molar-refractivity contribution >= 4 is 16.7 Å². The Morgan fingerprint density at radius 2 is 1.75 bits per heavy atom. The van der Waals surface area contributed by atoms with Gasteiger partial charge in [-0.25, -0.2) is 0 Å². The number of ether oxygens (including phenoxy) is 1. The molecule has 0 amide bonds. The van der Waals surface area contributed by atoms with Crippen molar-refractivity contribution in [1.29, 1.82) is 0 Å². The van der Waals surface area contributed by atoms with Crippen LogP contribution in [0.5, 0.6) is 5.75 Å². The lowest BCUT2D eigenvalue weighted by atomic mass is 9.95. The molecule has 6 heteroatoms. The van der Waals surface area contributed by atoms with Crippen LogP contribution in [0.1, 0.15) is 38.1 Å². The average Bonchev–Trinajstić information content (AvgIpc) is 3.20. The Morgan fingerprint density at radius 3 is 2.50 bits per heavy atom. The lowest BCUT2D eigenvalue weighted by molar-refractivity contribution is 0.351. The number of methoxy groups -OCH3 is 1. The van der Waals surface area contributed by atoms with Crippen LogP contribution in [0, 0.1) is 0 Å². The van der Waals surface area contributed by atoms with E-state index in [9.17, 15) is 4.79 Å². The summed E-state index contributed by atoms with van der Waals surface area (Å²) in [5.41, 5.74) is 1.72. The Labute approximate surface area is 162 Å². The zero-order chi connectivity index (χ0) is 19.1. The molecule has 2 heterocycles. The molecule has 1 saturated carbocycles. The lowest BCUT2D eigenvalue weighted by Crippen LogP contribution is -2.28. The molecule has 142 valence electrons. The Bertz CT molecular complexity index is 1200. The molecule has 0 saturated heterocycles. The van der Waals surface area contributed by atoms with Crippen LogP contribution in [0.25, 0.3) is 28.1 Å². The average molecular weight is 374 g/mol. The Kier molecular flexibility index (Phi) is 4.11. The number of rotatable bonds is 3. The molecule has 1 aliphatic carbocycles. The predicted octanol–water partition coefficient (Wildman–Crippen LogP) is 4.23. The fourth-order valence-corrected chi connectivity index (χ4v) is 4.21. The Morgan fingerprint density at radius 1 is 1.00 bits per heavy atom. The van der Waals surface area contributed by atoms with E-state index in [0.717, 1.165) is 42.5 Å². The quantitative estimate of drug-likeness (QED) is 0.538. The van der Waals surface area contributed by atoms with E-state index in [0.29, 0.717) is 17.0 Å². The van der Waals surface area contributed by atoms with Gasteiger partial charge < -0.3 is 4.74 Å². The molecule has 2 aromatic heterocycles. The van der Waals surface area contributed by atoms with E-state index in [1.165, 1.54) is 6.42 Å². The van der Waals surface area contributed by atoms with Crippen LogP contribution in [0.2, 0.25) is 0 Å². The van der Waals surface area contributed by atoms with E-state index in [4.69, 9.17) is 14.8 Å². The smallest absolute Gasteiger partial charge is 0.263 e. The van der Waals surface area contributed by atoms with Crippen molar-refractivity contribution in [2.75, 3.05) is 7.11 Å². The fraction of sp³-hybridized carbons (Fsp3) is 0.318. The molecule has 0 atom stereocenters. The van der Waals surface area contributed by atoms with Crippen molar-refractivity contribution in [3.63, 3.8) is 0 Å². The molecule has 1 aliphatic rings. The van der Waals surface area contributed by atoms with E-state index in [2.05, 4.69) is 0 Å². The van der Waals surface area contributed by atoms with E-state index >= 15 is 0 Å². The van der Waals surface area contributed by atoms with Crippen molar-refractivity contribution in [2.45, 2.75) is 38.1 Å². The molecule has 0 aliphatic heterocycles. The van der Waals surface area contributed by atoms with Gasteiger partial charge in [0.15, 0.2) is 5.82 Å². The monoisotopic (exact) mass is 374 g/mol. The van der Waals surface area contributed by atoms with Gasteiger partial charge in [0.2, 0.25) is 5.78 Å². The number of hydrogen-bond acceptors (Lipinski definition) is 4. The summed E-state index contributed by atoms with van der Waals surface area (Å²) in [5.74, 6) is 2.03. The van der Waals surface area contributed by atoms with E-state index in [1.54, 1.807) is 7.11 Å². The van der Waals surface area contributed by atoms with E-state index in [-0.39, 0.29) is 11.6 Å². The third-order valence-corrected chi connectivity index (χ3v) is 5.68. The number of fused-ring (bicyclic) bond motifs is 3. The number of hydrogen-bond donors (Lipinski definition) is 0. The van der Waals surface area contributed by atoms with Crippen LogP contribution in [0.3, 0.4) is 0 Å². The third kappa shape index (κ3) is 2.68.